The number of halogens is 3. The van der Waals surface area contributed by atoms with Gasteiger partial charge in [-0.05, 0) is 53.9 Å². The quantitative estimate of drug-likeness (QED) is 0.291. The molecule has 3 aromatic carbocycles. The number of anilines is 2. The summed E-state index contributed by atoms with van der Waals surface area (Å²) < 4.78 is 46.6. The largest absolute Gasteiger partial charge is 0.497 e. The topological polar surface area (TPSA) is 99.8 Å². The fourth-order valence-corrected chi connectivity index (χ4v) is 6.58. The van der Waals surface area contributed by atoms with E-state index in [2.05, 4.69) is 43.4 Å². The number of hydrogen-bond donors (Lipinski definition) is 2. The third-order valence-corrected chi connectivity index (χ3v) is 9.06. The second kappa shape index (κ2) is 10.5. The fourth-order valence-electron chi connectivity index (χ4n) is 6.58. The van der Waals surface area contributed by atoms with E-state index in [0.717, 1.165) is 56.8 Å². The first kappa shape index (κ1) is 28.2. The molecule has 1 saturated heterocycles. The van der Waals surface area contributed by atoms with Crippen LogP contribution in [-0.2, 0) is 19.7 Å². The zero-order valence-corrected chi connectivity index (χ0v) is 23.9. The van der Waals surface area contributed by atoms with Crippen molar-refractivity contribution in [2.45, 2.75) is 23.9 Å². The van der Waals surface area contributed by atoms with Gasteiger partial charge in [0, 0.05) is 61.0 Å². The highest BCUT2D eigenvalue weighted by atomic mass is 19.4. The van der Waals surface area contributed by atoms with Crippen LogP contribution < -0.4 is 15.0 Å². The first-order valence-corrected chi connectivity index (χ1v) is 14.5. The van der Waals surface area contributed by atoms with Gasteiger partial charge in [0.2, 0.25) is 5.91 Å². The smallest absolute Gasteiger partial charge is 0.490 e. The van der Waals surface area contributed by atoms with Gasteiger partial charge in [0.1, 0.15) is 12.4 Å². The lowest BCUT2D eigenvalue weighted by Crippen LogP contribution is -2.47. The van der Waals surface area contributed by atoms with Crippen molar-refractivity contribution in [2.24, 2.45) is 0 Å². The van der Waals surface area contributed by atoms with Crippen LogP contribution in [0.4, 0.5) is 24.5 Å². The summed E-state index contributed by atoms with van der Waals surface area (Å²) >= 11 is 0. The van der Waals surface area contributed by atoms with Gasteiger partial charge in [-0.3, -0.25) is 14.8 Å². The number of H-pyrrole nitrogens is 1. The van der Waals surface area contributed by atoms with E-state index in [0.29, 0.717) is 26.2 Å². The Morgan fingerprint density at radius 1 is 1.05 bits per heavy atom. The third-order valence-electron chi connectivity index (χ3n) is 9.06. The molecule has 0 unspecified atom stereocenters. The van der Waals surface area contributed by atoms with Crippen molar-refractivity contribution >= 4 is 34.2 Å². The summed E-state index contributed by atoms with van der Waals surface area (Å²) in [7, 11) is 1.63. The number of fused-ring (bicyclic) bond motifs is 3. The summed E-state index contributed by atoms with van der Waals surface area (Å²) in [6, 6.07) is 20.1. The number of benzene rings is 3. The van der Waals surface area contributed by atoms with Gasteiger partial charge in [-0.1, -0.05) is 24.3 Å². The minimum Gasteiger partial charge on any atom is -0.497 e. The molecule has 9 nitrogen and oxygen atoms in total. The van der Waals surface area contributed by atoms with Crippen LogP contribution in [0.2, 0.25) is 0 Å². The Labute approximate surface area is 250 Å². The Morgan fingerprint density at radius 2 is 1.82 bits per heavy atom. The van der Waals surface area contributed by atoms with E-state index in [9.17, 15) is 22.8 Å². The number of ether oxygens (including phenoxy) is 2. The number of methoxy groups -OCH3 is 1. The van der Waals surface area contributed by atoms with Crippen LogP contribution in [0.1, 0.15) is 23.5 Å². The number of alkyl halides is 3. The molecule has 0 radical (unpaired) electrons. The van der Waals surface area contributed by atoms with Crippen molar-refractivity contribution in [2.75, 3.05) is 56.7 Å². The Kier molecular flexibility index (Phi) is 6.76. The molecule has 228 valence electrons. The number of nitrogens with one attached hydrogen (secondary N) is 2. The van der Waals surface area contributed by atoms with Gasteiger partial charge in [-0.2, -0.15) is 18.3 Å². The molecule has 1 aliphatic carbocycles. The lowest BCUT2D eigenvalue weighted by Gasteiger charge is -2.36. The number of amides is 1. The molecular weight excluding hydrogens is 575 g/mol. The van der Waals surface area contributed by atoms with E-state index in [1.807, 2.05) is 47.4 Å². The maximum atomic E-state index is 13.1. The summed E-state index contributed by atoms with van der Waals surface area (Å²) in [5.41, 5.74) is 6.13. The number of rotatable bonds is 7. The Morgan fingerprint density at radius 3 is 2.55 bits per heavy atom. The second-order valence-electron chi connectivity index (χ2n) is 11.5. The van der Waals surface area contributed by atoms with Crippen LogP contribution in [-0.4, -0.2) is 79.6 Å². The van der Waals surface area contributed by atoms with Crippen LogP contribution >= 0.6 is 0 Å². The first-order valence-electron chi connectivity index (χ1n) is 14.5. The van der Waals surface area contributed by atoms with E-state index in [1.54, 1.807) is 7.11 Å². The van der Waals surface area contributed by atoms with Crippen molar-refractivity contribution < 1.29 is 32.2 Å². The molecule has 44 heavy (non-hydrogen) atoms. The number of carbonyl (C=O) groups is 2. The van der Waals surface area contributed by atoms with E-state index in [1.165, 1.54) is 0 Å². The number of piperazine rings is 1. The van der Waals surface area contributed by atoms with Gasteiger partial charge in [-0.15, -0.1) is 0 Å². The van der Waals surface area contributed by atoms with Crippen LogP contribution in [0.3, 0.4) is 0 Å². The molecule has 0 bridgehead atoms. The average Bonchev–Trinajstić information content (AvgIpc) is 3.55. The molecule has 3 heterocycles. The number of hydrogen-bond acceptors (Lipinski definition) is 7. The highest BCUT2D eigenvalue weighted by Gasteiger charge is 2.65. The second-order valence-corrected chi connectivity index (χ2v) is 11.5. The molecule has 4 aromatic rings. The normalized spacial score (nSPS) is 21.4. The molecule has 2 N–H and O–H groups in total. The number of esters is 1. The molecule has 1 amide bonds. The molecule has 1 spiro atoms. The predicted octanol–water partition coefficient (Wildman–Crippen LogP) is 4.84. The number of aromatic amines is 1. The van der Waals surface area contributed by atoms with E-state index in [4.69, 9.17) is 4.74 Å². The van der Waals surface area contributed by atoms with Crippen molar-refractivity contribution in [1.82, 2.24) is 15.1 Å². The lowest BCUT2D eigenvalue weighted by molar-refractivity contribution is -0.200. The molecule has 1 aromatic heterocycles. The van der Waals surface area contributed by atoms with Crippen LogP contribution in [0.5, 0.6) is 5.75 Å². The van der Waals surface area contributed by atoms with E-state index >= 15 is 0 Å². The number of nitrogens with zero attached hydrogens (tertiary/aromatic N) is 3. The van der Waals surface area contributed by atoms with Crippen LogP contribution in [0.15, 0.2) is 60.7 Å². The average molecular weight is 606 g/mol. The summed E-state index contributed by atoms with van der Waals surface area (Å²) in [6.45, 7) is 2.70. The number of aromatic nitrogens is 2. The maximum Gasteiger partial charge on any atom is 0.490 e. The highest BCUT2D eigenvalue weighted by Crippen LogP contribution is 2.65. The van der Waals surface area contributed by atoms with Gasteiger partial charge in [-0.25, -0.2) is 4.79 Å². The SMILES string of the molecule is COc1ccc2c(c1)[C@]1(C[C@H]1c1ccc3c(-c4ccc(N5CCN(CCOC(=O)C(F)(F)F)CC5)cc4)n[nH]c3c1)C(=O)N2. The Bertz CT molecular complexity index is 1750. The molecule has 1 saturated carbocycles. The molecule has 2 atom stereocenters. The minimum atomic E-state index is -4.96. The minimum absolute atomic E-state index is 0.0316. The van der Waals surface area contributed by atoms with Gasteiger partial charge < -0.3 is 19.7 Å². The van der Waals surface area contributed by atoms with Gasteiger partial charge >= 0.3 is 12.1 Å². The Balaban J connectivity index is 1.00. The van der Waals surface area contributed by atoms with Crippen molar-refractivity contribution in [3.63, 3.8) is 0 Å². The van der Waals surface area contributed by atoms with Crippen LogP contribution in [0, 0.1) is 0 Å². The van der Waals surface area contributed by atoms with E-state index in [-0.39, 0.29) is 25.0 Å². The monoisotopic (exact) mass is 605 g/mol. The summed E-state index contributed by atoms with van der Waals surface area (Å²) in [6.07, 6.45) is -4.22. The number of carbonyl (C=O) groups excluding carboxylic acids is 2. The lowest BCUT2D eigenvalue weighted by atomic mass is 9.91. The van der Waals surface area contributed by atoms with Crippen molar-refractivity contribution in [3.8, 4) is 17.0 Å². The molecule has 2 fully saturated rings. The van der Waals surface area contributed by atoms with Crippen molar-refractivity contribution in [1.29, 1.82) is 0 Å². The molecular formula is C32H30F3N5O4. The molecule has 7 rings (SSSR count). The maximum absolute atomic E-state index is 13.1. The summed E-state index contributed by atoms with van der Waals surface area (Å²) in [4.78, 5) is 28.2. The Hall–Kier alpha value is -4.58. The zero-order chi connectivity index (χ0) is 30.6. The zero-order valence-electron chi connectivity index (χ0n) is 23.9. The molecule has 3 aliphatic rings. The first-order chi connectivity index (χ1) is 21.2. The van der Waals surface area contributed by atoms with Gasteiger partial charge in [0.15, 0.2) is 0 Å². The van der Waals surface area contributed by atoms with Crippen molar-refractivity contribution in [3.05, 3.63) is 71.8 Å². The van der Waals surface area contributed by atoms with Gasteiger partial charge in [0.25, 0.3) is 0 Å². The van der Waals surface area contributed by atoms with E-state index < -0.39 is 17.6 Å². The standard InChI is InChI=1S/C32H30F3N5O4/c1-43-22-7-9-26-24(17-22)31(29(41)36-26)18-25(31)20-4-8-23-27(16-20)37-38-28(23)19-2-5-21(6-3-19)40-12-10-39(11-13-40)14-15-44-30(42)32(33,34)35/h2-9,16-17,25H,10-15,18H2,1H3,(H,36,41)(H,37,38)/t25-,31-/m0/s1. The molecule has 12 heteroatoms. The van der Waals surface area contributed by atoms with Crippen LogP contribution in [0.25, 0.3) is 22.2 Å². The third kappa shape index (κ3) is 4.83. The van der Waals surface area contributed by atoms with Gasteiger partial charge in [0.05, 0.1) is 23.7 Å². The predicted molar refractivity (Wildman–Crippen MR) is 158 cm³/mol. The highest BCUT2D eigenvalue weighted by molar-refractivity contribution is 6.10. The summed E-state index contributed by atoms with van der Waals surface area (Å²) in [5.74, 6) is -1.31. The summed E-state index contributed by atoms with van der Waals surface area (Å²) in [5, 5.41) is 11.8. The fraction of sp³-hybridized carbons (Fsp3) is 0.344. The molecule has 2 aliphatic heterocycles.